The summed E-state index contributed by atoms with van der Waals surface area (Å²) in [4.78, 5) is 4.13. The monoisotopic (exact) mass is 276 g/mol. The van der Waals surface area contributed by atoms with E-state index < -0.39 is 17.4 Å². The molecule has 0 aliphatic carbocycles. The lowest BCUT2D eigenvalue weighted by Crippen LogP contribution is -2.18. The predicted octanol–water partition coefficient (Wildman–Crippen LogP) is 3.86. The van der Waals surface area contributed by atoms with Gasteiger partial charge in [-0.1, -0.05) is 19.9 Å². The maximum absolute atomic E-state index is 13.5. The highest BCUT2D eigenvalue weighted by atomic mass is 19.1. The van der Waals surface area contributed by atoms with Gasteiger partial charge in [-0.15, -0.1) is 0 Å². The topological polar surface area (TPSA) is 34.1 Å². The van der Waals surface area contributed by atoms with Gasteiger partial charge in [0.2, 0.25) is 11.6 Å². The molecule has 3 nitrogen and oxygen atoms in total. The van der Waals surface area contributed by atoms with E-state index in [0.717, 1.165) is 29.9 Å². The summed E-state index contributed by atoms with van der Waals surface area (Å²) in [5, 5.41) is 3.24. The lowest BCUT2D eigenvalue weighted by Gasteiger charge is -2.16. The molecule has 0 unspecified atom stereocenters. The Bertz CT molecular complexity index is 651. The van der Waals surface area contributed by atoms with Crippen LogP contribution in [-0.2, 0) is 5.41 Å². The van der Waals surface area contributed by atoms with Crippen LogP contribution in [0.2, 0.25) is 0 Å². The van der Waals surface area contributed by atoms with Crippen LogP contribution in [0.4, 0.5) is 14.5 Å². The van der Waals surface area contributed by atoms with E-state index in [0.29, 0.717) is 0 Å². The van der Waals surface area contributed by atoms with Gasteiger partial charge in [-0.25, -0.2) is 13.8 Å². The summed E-state index contributed by atoms with van der Waals surface area (Å²) in [5.41, 5.74) is 1.94. The van der Waals surface area contributed by atoms with E-state index in [1.54, 1.807) is 12.3 Å². The van der Waals surface area contributed by atoms with Gasteiger partial charge in [0, 0.05) is 35.5 Å². The molecule has 0 amide bonds. The minimum absolute atomic E-state index is 0.00981. The van der Waals surface area contributed by atoms with Crippen molar-refractivity contribution in [2.24, 2.45) is 0 Å². The average Bonchev–Trinajstić information content (AvgIpc) is 2.70. The largest absolute Gasteiger partial charge is 0.433 e. The predicted molar refractivity (Wildman–Crippen MR) is 72.2 cm³/mol. The average molecular weight is 276 g/mol. The van der Waals surface area contributed by atoms with Gasteiger partial charge in [0.15, 0.2) is 11.6 Å². The van der Waals surface area contributed by atoms with Crippen molar-refractivity contribution < 1.29 is 13.5 Å². The van der Waals surface area contributed by atoms with Crippen LogP contribution < -0.4 is 10.1 Å². The molecule has 0 spiro atoms. The third kappa shape index (κ3) is 2.09. The number of hydrogen-bond donors (Lipinski definition) is 1. The van der Waals surface area contributed by atoms with Crippen molar-refractivity contribution in [3.63, 3.8) is 0 Å². The van der Waals surface area contributed by atoms with Gasteiger partial charge < -0.3 is 10.1 Å². The summed E-state index contributed by atoms with van der Waals surface area (Å²) < 4.78 is 32.3. The second kappa shape index (κ2) is 4.44. The number of anilines is 1. The van der Waals surface area contributed by atoms with Crippen LogP contribution >= 0.6 is 0 Å². The Balaban J connectivity index is 1.94. The second-order valence-electron chi connectivity index (χ2n) is 5.46. The molecule has 1 N–H and O–H groups in total. The first-order valence-corrected chi connectivity index (χ1v) is 6.34. The molecular formula is C15H14F2N2O. The molecule has 0 radical (unpaired) electrons. The van der Waals surface area contributed by atoms with Crippen LogP contribution in [0.5, 0.6) is 11.6 Å². The lowest BCUT2D eigenvalue weighted by atomic mass is 9.88. The van der Waals surface area contributed by atoms with Gasteiger partial charge >= 0.3 is 0 Å². The Morgan fingerprint density at radius 1 is 1.25 bits per heavy atom. The standard InChI is InChI=1S/C15H14F2N2O/c1-15(2)8-19-12-6-13(18-7-9(12)15)20-14-10(16)4-3-5-11(14)17/h3-7,19H,8H2,1-2H3. The molecule has 0 saturated heterocycles. The summed E-state index contributed by atoms with van der Waals surface area (Å²) >= 11 is 0. The molecule has 0 saturated carbocycles. The SMILES string of the molecule is CC1(C)CNc2cc(Oc3c(F)cccc3F)ncc21. The zero-order valence-electron chi connectivity index (χ0n) is 11.2. The molecule has 2 aromatic rings. The normalized spacial score (nSPS) is 15.6. The van der Waals surface area contributed by atoms with Gasteiger partial charge in [0.25, 0.3) is 0 Å². The van der Waals surface area contributed by atoms with Gasteiger partial charge in [0.05, 0.1) is 0 Å². The van der Waals surface area contributed by atoms with E-state index >= 15 is 0 Å². The Morgan fingerprint density at radius 3 is 2.65 bits per heavy atom. The highest BCUT2D eigenvalue weighted by molar-refractivity contribution is 5.60. The van der Waals surface area contributed by atoms with Gasteiger partial charge in [-0.2, -0.15) is 0 Å². The minimum Gasteiger partial charge on any atom is -0.433 e. The Kier molecular flexibility index (Phi) is 2.85. The fraction of sp³-hybridized carbons (Fsp3) is 0.267. The van der Waals surface area contributed by atoms with Crippen LogP contribution in [0.1, 0.15) is 19.4 Å². The summed E-state index contributed by atoms with van der Waals surface area (Å²) in [5.74, 6) is -1.77. The molecule has 1 aliphatic rings. The lowest BCUT2D eigenvalue weighted by molar-refractivity contribution is 0.395. The number of halogens is 2. The number of fused-ring (bicyclic) bond motifs is 1. The molecule has 1 aliphatic heterocycles. The van der Waals surface area contributed by atoms with E-state index in [1.165, 1.54) is 6.07 Å². The molecule has 3 rings (SSSR count). The summed E-state index contributed by atoms with van der Waals surface area (Å²) in [6, 6.07) is 5.24. The van der Waals surface area contributed by atoms with Gasteiger partial charge in [-0.05, 0) is 12.1 Å². The summed E-state index contributed by atoms with van der Waals surface area (Å²) in [7, 11) is 0. The van der Waals surface area contributed by atoms with Crippen molar-refractivity contribution in [3.8, 4) is 11.6 Å². The van der Waals surface area contributed by atoms with Crippen molar-refractivity contribution in [1.82, 2.24) is 4.98 Å². The first kappa shape index (κ1) is 12.8. The number of benzene rings is 1. The van der Waals surface area contributed by atoms with E-state index in [9.17, 15) is 8.78 Å². The number of rotatable bonds is 2. The number of hydrogen-bond acceptors (Lipinski definition) is 3. The number of pyridine rings is 1. The quantitative estimate of drug-likeness (QED) is 0.904. The maximum Gasteiger partial charge on any atom is 0.221 e. The number of para-hydroxylation sites is 1. The molecule has 104 valence electrons. The van der Waals surface area contributed by atoms with E-state index in [4.69, 9.17) is 4.74 Å². The van der Waals surface area contributed by atoms with Crippen molar-refractivity contribution >= 4 is 5.69 Å². The highest BCUT2D eigenvalue weighted by Crippen LogP contribution is 2.38. The Labute approximate surface area is 115 Å². The van der Waals surface area contributed by atoms with Crippen molar-refractivity contribution in [2.75, 3.05) is 11.9 Å². The van der Waals surface area contributed by atoms with Crippen molar-refractivity contribution in [2.45, 2.75) is 19.3 Å². The summed E-state index contributed by atoms with van der Waals surface area (Å²) in [6.45, 7) is 5.00. The van der Waals surface area contributed by atoms with E-state index in [-0.39, 0.29) is 11.3 Å². The van der Waals surface area contributed by atoms with Crippen molar-refractivity contribution in [1.29, 1.82) is 0 Å². The van der Waals surface area contributed by atoms with Crippen LogP contribution in [0.25, 0.3) is 0 Å². The van der Waals surface area contributed by atoms with Crippen LogP contribution in [0.15, 0.2) is 30.5 Å². The van der Waals surface area contributed by atoms with Gasteiger partial charge in [-0.3, -0.25) is 0 Å². The molecular weight excluding hydrogens is 262 g/mol. The first-order chi connectivity index (χ1) is 9.47. The number of nitrogens with one attached hydrogen (secondary N) is 1. The van der Waals surface area contributed by atoms with Crippen LogP contribution in [-0.4, -0.2) is 11.5 Å². The van der Waals surface area contributed by atoms with Crippen molar-refractivity contribution in [3.05, 3.63) is 47.7 Å². The Hall–Kier alpha value is -2.17. The third-order valence-electron chi connectivity index (χ3n) is 3.45. The third-order valence-corrected chi connectivity index (χ3v) is 3.45. The van der Waals surface area contributed by atoms with E-state index in [2.05, 4.69) is 24.1 Å². The molecule has 0 bridgehead atoms. The molecule has 0 fully saturated rings. The zero-order valence-corrected chi connectivity index (χ0v) is 11.2. The zero-order chi connectivity index (χ0) is 14.3. The fourth-order valence-electron chi connectivity index (χ4n) is 2.27. The maximum atomic E-state index is 13.5. The molecule has 2 heterocycles. The molecule has 1 aromatic heterocycles. The Morgan fingerprint density at radius 2 is 1.95 bits per heavy atom. The molecule has 0 atom stereocenters. The number of aromatic nitrogens is 1. The number of ether oxygens (including phenoxy) is 1. The first-order valence-electron chi connectivity index (χ1n) is 6.34. The number of nitrogens with zero attached hydrogens (tertiary/aromatic N) is 1. The summed E-state index contributed by atoms with van der Waals surface area (Å²) in [6.07, 6.45) is 1.68. The van der Waals surface area contributed by atoms with Crippen LogP contribution in [0.3, 0.4) is 0 Å². The van der Waals surface area contributed by atoms with Crippen LogP contribution in [0, 0.1) is 11.6 Å². The van der Waals surface area contributed by atoms with Gasteiger partial charge in [0.1, 0.15) is 0 Å². The minimum atomic E-state index is -0.749. The smallest absolute Gasteiger partial charge is 0.221 e. The molecule has 1 aromatic carbocycles. The highest BCUT2D eigenvalue weighted by Gasteiger charge is 2.30. The fourth-order valence-corrected chi connectivity index (χ4v) is 2.27. The molecule has 20 heavy (non-hydrogen) atoms. The second-order valence-corrected chi connectivity index (χ2v) is 5.46. The van der Waals surface area contributed by atoms with E-state index in [1.807, 2.05) is 0 Å². The molecule has 5 heteroatoms.